The Bertz CT molecular complexity index is 305. The minimum atomic E-state index is 0.269. The normalized spacial score (nSPS) is 11.1. The van der Waals surface area contributed by atoms with Gasteiger partial charge < -0.3 is 9.47 Å². The van der Waals surface area contributed by atoms with Crippen LogP contribution in [0, 0.1) is 0 Å². The van der Waals surface area contributed by atoms with Crippen LogP contribution in [-0.4, -0.2) is 19.3 Å². The highest BCUT2D eigenvalue weighted by atomic mass is 16.5. The molecule has 1 rings (SSSR count). The Kier molecular flexibility index (Phi) is 5.33. The molecule has 0 radical (unpaired) electrons. The first-order valence-corrected chi connectivity index (χ1v) is 5.94. The first kappa shape index (κ1) is 13.0. The van der Waals surface area contributed by atoms with E-state index in [0.717, 1.165) is 5.75 Å². The van der Waals surface area contributed by atoms with Gasteiger partial charge in [0, 0.05) is 0 Å². The van der Waals surface area contributed by atoms with Crippen molar-refractivity contribution in [3.8, 4) is 5.75 Å². The molecule has 0 saturated heterocycles. The van der Waals surface area contributed by atoms with Crippen LogP contribution in [0.25, 0.3) is 0 Å². The summed E-state index contributed by atoms with van der Waals surface area (Å²) >= 11 is 0. The average molecular weight is 222 g/mol. The van der Waals surface area contributed by atoms with Crippen molar-refractivity contribution in [3.05, 3.63) is 29.8 Å². The van der Waals surface area contributed by atoms with Crippen molar-refractivity contribution in [2.75, 3.05) is 13.2 Å². The van der Waals surface area contributed by atoms with Crippen LogP contribution in [0.15, 0.2) is 24.3 Å². The van der Waals surface area contributed by atoms with Gasteiger partial charge in [-0.25, -0.2) is 0 Å². The molecule has 1 aromatic rings. The van der Waals surface area contributed by atoms with Gasteiger partial charge in [-0.05, 0) is 37.5 Å². The van der Waals surface area contributed by atoms with Crippen molar-refractivity contribution in [1.29, 1.82) is 0 Å². The quantitative estimate of drug-likeness (QED) is 0.684. The fourth-order valence-corrected chi connectivity index (χ4v) is 1.41. The topological polar surface area (TPSA) is 18.5 Å². The van der Waals surface area contributed by atoms with Crippen LogP contribution in [0.3, 0.4) is 0 Å². The third-order valence-electron chi connectivity index (χ3n) is 2.33. The summed E-state index contributed by atoms with van der Waals surface area (Å²) < 4.78 is 11.0. The van der Waals surface area contributed by atoms with Gasteiger partial charge in [-0.3, -0.25) is 0 Å². The Labute approximate surface area is 98.6 Å². The zero-order valence-corrected chi connectivity index (χ0v) is 10.7. The first-order chi connectivity index (χ1) is 7.59. The Morgan fingerprint density at radius 3 is 2.44 bits per heavy atom. The molecular formula is C14H22O2. The first-order valence-electron chi connectivity index (χ1n) is 5.94. The lowest BCUT2D eigenvalue weighted by Crippen LogP contribution is -2.11. The maximum Gasteiger partial charge on any atom is 0.119 e. The summed E-state index contributed by atoms with van der Waals surface area (Å²) in [7, 11) is 0. The fraction of sp³-hybridized carbons (Fsp3) is 0.571. The highest BCUT2D eigenvalue weighted by Gasteiger charge is 2.01. The molecule has 0 spiro atoms. The average Bonchev–Trinajstić information content (AvgIpc) is 2.24. The predicted octanol–water partition coefficient (Wildman–Crippen LogP) is 3.61. The van der Waals surface area contributed by atoms with Crippen LogP contribution in [0.5, 0.6) is 5.75 Å². The fourth-order valence-electron chi connectivity index (χ4n) is 1.41. The Morgan fingerprint density at radius 1 is 1.06 bits per heavy atom. The van der Waals surface area contributed by atoms with Crippen LogP contribution in [0.4, 0.5) is 0 Å². The van der Waals surface area contributed by atoms with E-state index in [1.807, 2.05) is 26.0 Å². The summed E-state index contributed by atoms with van der Waals surface area (Å²) in [6.07, 6.45) is 0.269. The summed E-state index contributed by atoms with van der Waals surface area (Å²) in [5, 5.41) is 0. The highest BCUT2D eigenvalue weighted by Crippen LogP contribution is 2.19. The minimum Gasteiger partial charge on any atom is -0.491 e. The van der Waals surface area contributed by atoms with Crippen molar-refractivity contribution in [1.82, 2.24) is 0 Å². The largest absolute Gasteiger partial charge is 0.491 e. The smallest absolute Gasteiger partial charge is 0.119 e. The maximum absolute atomic E-state index is 5.62. The number of ether oxygens (including phenoxy) is 2. The van der Waals surface area contributed by atoms with E-state index in [4.69, 9.17) is 9.47 Å². The summed E-state index contributed by atoms with van der Waals surface area (Å²) in [6.45, 7) is 9.67. The molecule has 2 heteroatoms. The van der Waals surface area contributed by atoms with E-state index in [9.17, 15) is 0 Å². The summed E-state index contributed by atoms with van der Waals surface area (Å²) in [6, 6.07) is 8.25. The van der Waals surface area contributed by atoms with Crippen LogP contribution < -0.4 is 4.74 Å². The second-order valence-electron chi connectivity index (χ2n) is 4.50. The van der Waals surface area contributed by atoms with E-state index in [1.165, 1.54) is 5.56 Å². The molecule has 16 heavy (non-hydrogen) atoms. The summed E-state index contributed by atoms with van der Waals surface area (Å²) in [5.41, 5.74) is 1.31. The third kappa shape index (κ3) is 4.67. The zero-order chi connectivity index (χ0) is 12.0. The van der Waals surface area contributed by atoms with Gasteiger partial charge in [0.15, 0.2) is 0 Å². The molecule has 0 aliphatic carbocycles. The Morgan fingerprint density at radius 2 is 1.81 bits per heavy atom. The van der Waals surface area contributed by atoms with Gasteiger partial charge in [0.1, 0.15) is 12.4 Å². The van der Waals surface area contributed by atoms with E-state index in [1.54, 1.807) is 0 Å². The van der Waals surface area contributed by atoms with Gasteiger partial charge in [0.05, 0.1) is 12.7 Å². The van der Waals surface area contributed by atoms with Crippen molar-refractivity contribution in [2.24, 2.45) is 0 Å². The molecule has 0 atom stereocenters. The molecule has 1 aromatic carbocycles. The Hall–Kier alpha value is -1.02. The van der Waals surface area contributed by atoms with Crippen LogP contribution in [-0.2, 0) is 4.74 Å². The van der Waals surface area contributed by atoms with Gasteiger partial charge in [-0.1, -0.05) is 26.0 Å². The molecular weight excluding hydrogens is 200 g/mol. The third-order valence-corrected chi connectivity index (χ3v) is 2.33. The molecule has 0 heterocycles. The lowest BCUT2D eigenvalue weighted by molar-refractivity contribution is 0.0552. The van der Waals surface area contributed by atoms with E-state index >= 15 is 0 Å². The molecule has 90 valence electrons. The number of rotatable bonds is 6. The van der Waals surface area contributed by atoms with Crippen LogP contribution >= 0.6 is 0 Å². The van der Waals surface area contributed by atoms with E-state index in [2.05, 4.69) is 26.0 Å². The van der Waals surface area contributed by atoms with Crippen molar-refractivity contribution in [3.63, 3.8) is 0 Å². The van der Waals surface area contributed by atoms with Crippen molar-refractivity contribution in [2.45, 2.75) is 39.7 Å². The van der Waals surface area contributed by atoms with Gasteiger partial charge in [0.2, 0.25) is 0 Å². The van der Waals surface area contributed by atoms with Gasteiger partial charge in [-0.15, -0.1) is 0 Å². The number of benzene rings is 1. The molecule has 0 aromatic heterocycles. The zero-order valence-electron chi connectivity index (χ0n) is 10.7. The molecule has 2 nitrogen and oxygen atoms in total. The van der Waals surface area contributed by atoms with Crippen LogP contribution in [0.1, 0.15) is 39.2 Å². The van der Waals surface area contributed by atoms with Crippen molar-refractivity contribution >= 4 is 0 Å². The standard InChI is InChI=1S/C14H22O2/c1-11(2)13-6-5-7-14(10-13)16-9-8-15-12(3)4/h5-7,10-12H,8-9H2,1-4H3. The predicted molar refractivity (Wildman–Crippen MR) is 67.1 cm³/mol. The molecule has 0 aliphatic rings. The lowest BCUT2D eigenvalue weighted by atomic mass is 10.0. The monoisotopic (exact) mass is 222 g/mol. The number of hydrogen-bond acceptors (Lipinski definition) is 2. The maximum atomic E-state index is 5.62. The number of hydrogen-bond donors (Lipinski definition) is 0. The van der Waals surface area contributed by atoms with E-state index in [0.29, 0.717) is 19.1 Å². The van der Waals surface area contributed by atoms with Crippen LogP contribution in [0.2, 0.25) is 0 Å². The summed E-state index contributed by atoms with van der Waals surface area (Å²) in [4.78, 5) is 0. The molecule has 0 amide bonds. The molecule has 0 bridgehead atoms. The van der Waals surface area contributed by atoms with Gasteiger partial charge >= 0.3 is 0 Å². The SMILES string of the molecule is CC(C)OCCOc1cccc(C(C)C)c1. The second-order valence-corrected chi connectivity index (χ2v) is 4.50. The molecule has 0 aliphatic heterocycles. The molecule has 0 fully saturated rings. The second kappa shape index (κ2) is 6.54. The lowest BCUT2D eigenvalue weighted by Gasteiger charge is -2.11. The summed E-state index contributed by atoms with van der Waals surface area (Å²) in [5.74, 6) is 1.47. The molecule has 0 N–H and O–H groups in total. The highest BCUT2D eigenvalue weighted by molar-refractivity contribution is 5.30. The minimum absolute atomic E-state index is 0.269. The van der Waals surface area contributed by atoms with Gasteiger partial charge in [0.25, 0.3) is 0 Å². The van der Waals surface area contributed by atoms with E-state index in [-0.39, 0.29) is 6.10 Å². The Balaban J connectivity index is 2.39. The van der Waals surface area contributed by atoms with E-state index < -0.39 is 0 Å². The molecule has 0 unspecified atom stereocenters. The van der Waals surface area contributed by atoms with Crippen molar-refractivity contribution < 1.29 is 9.47 Å². The molecule has 0 saturated carbocycles. The van der Waals surface area contributed by atoms with Gasteiger partial charge in [-0.2, -0.15) is 0 Å².